The molecule has 0 rings (SSSR count). The Hall–Kier alpha value is -0.240. The summed E-state index contributed by atoms with van der Waals surface area (Å²) in [7, 11) is 0. The van der Waals surface area contributed by atoms with Crippen LogP contribution in [0.3, 0.4) is 0 Å². The maximum absolute atomic E-state index is 11.7. The van der Waals surface area contributed by atoms with Gasteiger partial charge in [-0.3, -0.25) is 4.79 Å². The van der Waals surface area contributed by atoms with E-state index in [0.29, 0.717) is 0 Å². The van der Waals surface area contributed by atoms with Crippen LogP contribution in [0.4, 0.5) is 0 Å². The first-order valence-electron chi connectivity index (χ1n) is 5.28. The van der Waals surface area contributed by atoms with Crippen LogP contribution >= 0.6 is 11.6 Å². The molecule has 0 bridgehead atoms. The van der Waals surface area contributed by atoms with Gasteiger partial charge in [-0.25, -0.2) is 0 Å². The van der Waals surface area contributed by atoms with Crippen LogP contribution in [0.5, 0.6) is 0 Å². The number of rotatable bonds is 4. The largest absolute Gasteiger partial charge is 0.350 e. The lowest BCUT2D eigenvalue weighted by Crippen LogP contribution is -2.46. The molecule has 0 aromatic heterocycles. The molecule has 0 aliphatic rings. The van der Waals surface area contributed by atoms with Crippen molar-refractivity contribution in [3.8, 4) is 0 Å². The van der Waals surface area contributed by atoms with Crippen molar-refractivity contribution in [2.24, 2.45) is 5.92 Å². The highest BCUT2D eigenvalue weighted by atomic mass is 35.5. The SMILES string of the molecule is CCC(CC)C(Cl)C(=O)NC(C)(C)C. The molecule has 1 N–H and O–H groups in total. The Bertz CT molecular complexity index is 182. The normalized spacial score (nSPS) is 14.2. The Morgan fingerprint density at radius 1 is 1.29 bits per heavy atom. The number of halogens is 1. The van der Waals surface area contributed by atoms with Crippen LogP contribution in [-0.2, 0) is 4.79 Å². The molecule has 1 atom stereocenters. The molecule has 0 spiro atoms. The topological polar surface area (TPSA) is 29.1 Å². The van der Waals surface area contributed by atoms with Gasteiger partial charge in [0.1, 0.15) is 5.38 Å². The maximum atomic E-state index is 11.7. The van der Waals surface area contributed by atoms with E-state index in [2.05, 4.69) is 19.2 Å². The Morgan fingerprint density at radius 2 is 1.71 bits per heavy atom. The van der Waals surface area contributed by atoms with E-state index in [1.165, 1.54) is 0 Å². The van der Waals surface area contributed by atoms with E-state index in [4.69, 9.17) is 11.6 Å². The smallest absolute Gasteiger partial charge is 0.238 e. The van der Waals surface area contributed by atoms with E-state index in [1.54, 1.807) is 0 Å². The molecule has 0 saturated carbocycles. The molecule has 0 saturated heterocycles. The van der Waals surface area contributed by atoms with Crippen LogP contribution < -0.4 is 5.32 Å². The zero-order valence-corrected chi connectivity index (χ0v) is 10.6. The predicted molar refractivity (Wildman–Crippen MR) is 61.6 cm³/mol. The summed E-state index contributed by atoms with van der Waals surface area (Å²) in [6, 6.07) is 0. The number of nitrogens with one attached hydrogen (secondary N) is 1. The fraction of sp³-hybridized carbons (Fsp3) is 0.909. The zero-order chi connectivity index (χ0) is 11.4. The van der Waals surface area contributed by atoms with Gasteiger partial charge in [-0.2, -0.15) is 0 Å². The highest BCUT2D eigenvalue weighted by Gasteiger charge is 2.26. The Kier molecular flexibility index (Phi) is 5.50. The first kappa shape index (κ1) is 13.8. The van der Waals surface area contributed by atoms with E-state index < -0.39 is 5.38 Å². The van der Waals surface area contributed by atoms with Gasteiger partial charge in [0.25, 0.3) is 0 Å². The van der Waals surface area contributed by atoms with Gasteiger partial charge >= 0.3 is 0 Å². The van der Waals surface area contributed by atoms with Gasteiger partial charge in [0, 0.05) is 5.54 Å². The van der Waals surface area contributed by atoms with Crippen LogP contribution in [0.2, 0.25) is 0 Å². The molecule has 0 heterocycles. The lowest BCUT2D eigenvalue weighted by Gasteiger charge is -2.25. The van der Waals surface area contributed by atoms with Gasteiger partial charge < -0.3 is 5.32 Å². The second kappa shape index (κ2) is 5.59. The molecule has 2 nitrogen and oxygen atoms in total. The number of hydrogen-bond acceptors (Lipinski definition) is 1. The first-order valence-corrected chi connectivity index (χ1v) is 5.71. The average molecular weight is 220 g/mol. The minimum Gasteiger partial charge on any atom is -0.350 e. The van der Waals surface area contributed by atoms with Crippen molar-refractivity contribution in [1.82, 2.24) is 5.32 Å². The molecule has 1 unspecified atom stereocenters. The van der Waals surface area contributed by atoms with E-state index in [-0.39, 0.29) is 17.4 Å². The number of carbonyl (C=O) groups excluding carboxylic acids is 1. The third kappa shape index (κ3) is 4.85. The van der Waals surface area contributed by atoms with Crippen molar-refractivity contribution in [3.05, 3.63) is 0 Å². The number of carbonyl (C=O) groups is 1. The Morgan fingerprint density at radius 3 is 2.00 bits per heavy atom. The standard InChI is InChI=1S/C11H22ClNO/c1-6-8(7-2)9(12)10(14)13-11(3,4)5/h8-9H,6-7H2,1-5H3,(H,13,14). The van der Waals surface area contributed by atoms with Crippen molar-refractivity contribution in [3.63, 3.8) is 0 Å². The Balaban J connectivity index is 4.24. The summed E-state index contributed by atoms with van der Waals surface area (Å²) >= 11 is 6.09. The van der Waals surface area contributed by atoms with Gasteiger partial charge in [-0.05, 0) is 26.7 Å². The number of amides is 1. The Labute approximate surface area is 92.4 Å². The molecule has 0 aliphatic carbocycles. The molecule has 0 aromatic carbocycles. The van der Waals surface area contributed by atoms with Crippen LogP contribution in [0, 0.1) is 5.92 Å². The maximum Gasteiger partial charge on any atom is 0.238 e. The summed E-state index contributed by atoms with van der Waals surface area (Å²) < 4.78 is 0. The second-order valence-corrected chi connectivity index (χ2v) is 5.19. The monoisotopic (exact) mass is 219 g/mol. The summed E-state index contributed by atoms with van der Waals surface area (Å²) in [4.78, 5) is 11.7. The minimum absolute atomic E-state index is 0.0483. The predicted octanol–water partition coefficient (Wildman–Crippen LogP) is 2.94. The summed E-state index contributed by atoms with van der Waals surface area (Å²) in [6.07, 6.45) is 1.89. The van der Waals surface area contributed by atoms with Gasteiger partial charge in [0.05, 0.1) is 0 Å². The van der Waals surface area contributed by atoms with Gasteiger partial charge in [-0.15, -0.1) is 11.6 Å². The average Bonchev–Trinajstić information content (AvgIpc) is 2.03. The molecule has 14 heavy (non-hydrogen) atoms. The van der Waals surface area contributed by atoms with E-state index >= 15 is 0 Å². The van der Waals surface area contributed by atoms with Gasteiger partial charge in [0.15, 0.2) is 0 Å². The highest BCUT2D eigenvalue weighted by Crippen LogP contribution is 2.19. The zero-order valence-electron chi connectivity index (χ0n) is 9.86. The van der Waals surface area contributed by atoms with Crippen LogP contribution in [0.15, 0.2) is 0 Å². The minimum atomic E-state index is -0.399. The fourth-order valence-corrected chi connectivity index (χ4v) is 1.77. The van der Waals surface area contributed by atoms with Crippen molar-refractivity contribution < 1.29 is 4.79 Å². The molecule has 0 aliphatic heterocycles. The second-order valence-electron chi connectivity index (χ2n) is 4.72. The van der Waals surface area contributed by atoms with E-state index in [1.807, 2.05) is 20.8 Å². The molecular weight excluding hydrogens is 198 g/mol. The van der Waals surface area contributed by atoms with Crippen LogP contribution in [0.25, 0.3) is 0 Å². The molecular formula is C11H22ClNO. The van der Waals surface area contributed by atoms with Gasteiger partial charge in [0.2, 0.25) is 5.91 Å². The molecule has 3 heteroatoms. The lowest BCUT2D eigenvalue weighted by atomic mass is 9.97. The third-order valence-corrected chi connectivity index (χ3v) is 2.77. The third-order valence-electron chi connectivity index (χ3n) is 2.21. The van der Waals surface area contributed by atoms with Crippen molar-refractivity contribution in [1.29, 1.82) is 0 Å². The van der Waals surface area contributed by atoms with E-state index in [0.717, 1.165) is 12.8 Å². The fourth-order valence-electron chi connectivity index (χ4n) is 1.36. The van der Waals surface area contributed by atoms with Crippen molar-refractivity contribution in [2.45, 2.75) is 58.4 Å². The number of alkyl halides is 1. The molecule has 0 radical (unpaired) electrons. The number of hydrogen-bond donors (Lipinski definition) is 1. The van der Waals surface area contributed by atoms with Crippen molar-refractivity contribution in [2.75, 3.05) is 0 Å². The summed E-state index contributed by atoms with van der Waals surface area (Å²) in [5, 5.41) is 2.50. The highest BCUT2D eigenvalue weighted by molar-refractivity contribution is 6.31. The molecule has 0 fully saturated rings. The summed E-state index contributed by atoms with van der Waals surface area (Å²) in [5.41, 5.74) is -0.198. The quantitative estimate of drug-likeness (QED) is 0.724. The molecule has 1 amide bonds. The van der Waals surface area contributed by atoms with E-state index in [9.17, 15) is 4.79 Å². The van der Waals surface area contributed by atoms with Crippen LogP contribution in [-0.4, -0.2) is 16.8 Å². The first-order chi connectivity index (χ1) is 6.31. The van der Waals surface area contributed by atoms with Gasteiger partial charge in [-0.1, -0.05) is 26.7 Å². The summed E-state index contributed by atoms with van der Waals surface area (Å²) in [6.45, 7) is 10.0. The van der Waals surface area contributed by atoms with Crippen LogP contribution in [0.1, 0.15) is 47.5 Å². The summed E-state index contributed by atoms with van der Waals surface area (Å²) in [5.74, 6) is 0.229. The molecule has 0 aromatic rings. The lowest BCUT2D eigenvalue weighted by molar-refractivity contribution is -0.123. The molecule has 84 valence electrons. The van der Waals surface area contributed by atoms with Crippen molar-refractivity contribution >= 4 is 17.5 Å².